The zero-order valence-corrected chi connectivity index (χ0v) is 10.1. The van der Waals surface area contributed by atoms with E-state index in [0.29, 0.717) is 0 Å². The molecular weight excluding hydrogens is 182 g/mol. The Morgan fingerprint density at radius 3 is 1.73 bits per heavy atom. The van der Waals surface area contributed by atoms with Crippen LogP contribution in [0.3, 0.4) is 0 Å². The molecule has 0 saturated carbocycles. The molecule has 0 aliphatic rings. The van der Waals surface area contributed by atoms with E-state index in [-0.39, 0.29) is 5.92 Å². The van der Waals surface area contributed by atoms with E-state index in [1.807, 2.05) is 0 Å². The summed E-state index contributed by atoms with van der Waals surface area (Å²) >= 11 is 0. The fourth-order valence-electron chi connectivity index (χ4n) is 1.44. The second-order valence-electron chi connectivity index (χ2n) is 3.74. The first-order valence-corrected chi connectivity index (χ1v) is 6.04. The maximum atomic E-state index is 8.94. The minimum absolute atomic E-state index is 0.230. The van der Waals surface area contributed by atoms with Gasteiger partial charge in [-0.3, -0.25) is 0 Å². The van der Waals surface area contributed by atoms with E-state index in [1.54, 1.807) is 0 Å². The van der Waals surface area contributed by atoms with Crippen LogP contribution < -0.4 is 0 Å². The van der Waals surface area contributed by atoms with Gasteiger partial charge in [-0.15, -0.1) is 0 Å². The van der Waals surface area contributed by atoms with Crippen LogP contribution in [0.25, 0.3) is 0 Å². The van der Waals surface area contributed by atoms with Gasteiger partial charge in [0.1, 0.15) is 0 Å². The molecule has 0 aliphatic heterocycles. The summed E-state index contributed by atoms with van der Waals surface area (Å²) in [6, 6.07) is 2.39. The first-order valence-electron chi connectivity index (χ1n) is 6.04. The molecule has 0 aromatic heterocycles. The molecule has 0 aromatic carbocycles. The van der Waals surface area contributed by atoms with Crippen LogP contribution in [0.2, 0.25) is 0 Å². The van der Waals surface area contributed by atoms with Crippen LogP contribution in [0, 0.1) is 17.2 Å². The fourth-order valence-corrected chi connectivity index (χ4v) is 1.44. The molecule has 0 unspecified atom stereocenters. The predicted octanol–water partition coefficient (Wildman–Crippen LogP) is 4.62. The molecule has 0 rings (SSSR count). The third-order valence-electron chi connectivity index (χ3n) is 2.35. The molecule has 0 fully saturated rings. The van der Waals surface area contributed by atoms with Gasteiger partial charge < -0.3 is 0 Å². The lowest BCUT2D eigenvalue weighted by molar-refractivity contribution is 0.567. The quantitative estimate of drug-likeness (QED) is 0.530. The van der Waals surface area contributed by atoms with Crippen LogP contribution in [0.5, 0.6) is 0 Å². The highest BCUT2D eigenvalue weighted by atomic mass is 14.3. The summed E-state index contributed by atoms with van der Waals surface area (Å²) in [6.07, 6.45) is 15.0. The van der Waals surface area contributed by atoms with Gasteiger partial charge in [0.15, 0.2) is 0 Å². The molecule has 1 heteroatoms. The van der Waals surface area contributed by atoms with Gasteiger partial charge in [-0.1, -0.05) is 38.2 Å². The maximum Gasteiger partial charge on any atom is 0.0656 e. The van der Waals surface area contributed by atoms with Gasteiger partial charge in [0.25, 0.3) is 0 Å². The first kappa shape index (κ1) is 14.0. The highest BCUT2D eigenvalue weighted by molar-refractivity contribution is 4.90. The normalized spacial score (nSPS) is 13.4. The summed E-state index contributed by atoms with van der Waals surface area (Å²) in [4.78, 5) is 0. The van der Waals surface area contributed by atoms with Gasteiger partial charge in [0, 0.05) is 5.92 Å². The van der Waals surface area contributed by atoms with Gasteiger partial charge in [-0.2, -0.15) is 5.26 Å². The van der Waals surface area contributed by atoms with E-state index >= 15 is 0 Å². The highest BCUT2D eigenvalue weighted by Gasteiger charge is 2.04. The zero-order valence-electron chi connectivity index (χ0n) is 10.1. The average molecular weight is 205 g/mol. The number of hydrogen-bond acceptors (Lipinski definition) is 1. The standard InChI is InChI=1S/C14H23N/c1-3-5-7-9-11-14(13-15)12-10-8-6-4-2/h5-8,14H,3-4,9-12H2,1-2H3. The van der Waals surface area contributed by atoms with Crippen molar-refractivity contribution >= 4 is 0 Å². The zero-order chi connectivity index (χ0) is 11.4. The van der Waals surface area contributed by atoms with Crippen LogP contribution >= 0.6 is 0 Å². The van der Waals surface area contributed by atoms with Crippen molar-refractivity contribution in [3.8, 4) is 6.07 Å². The Kier molecular flexibility index (Phi) is 10.3. The third-order valence-corrected chi connectivity index (χ3v) is 2.35. The highest BCUT2D eigenvalue weighted by Crippen LogP contribution is 2.13. The third kappa shape index (κ3) is 9.28. The monoisotopic (exact) mass is 205 g/mol. The molecule has 15 heavy (non-hydrogen) atoms. The van der Waals surface area contributed by atoms with Crippen LogP contribution in [0.15, 0.2) is 24.3 Å². The Labute approximate surface area is 94.5 Å². The van der Waals surface area contributed by atoms with Crippen LogP contribution in [-0.4, -0.2) is 0 Å². The second-order valence-corrected chi connectivity index (χ2v) is 3.74. The van der Waals surface area contributed by atoms with Crippen LogP contribution in [-0.2, 0) is 0 Å². The lowest BCUT2D eigenvalue weighted by Gasteiger charge is -2.04. The molecule has 0 radical (unpaired) electrons. The van der Waals surface area contributed by atoms with Gasteiger partial charge in [0.2, 0.25) is 0 Å². The van der Waals surface area contributed by atoms with Crippen molar-refractivity contribution in [1.29, 1.82) is 5.26 Å². The summed E-state index contributed by atoms with van der Waals surface area (Å²) in [5.74, 6) is 0.230. The van der Waals surface area contributed by atoms with Gasteiger partial charge in [-0.05, 0) is 38.5 Å². The van der Waals surface area contributed by atoms with Crippen molar-refractivity contribution in [3.63, 3.8) is 0 Å². The summed E-state index contributed by atoms with van der Waals surface area (Å²) < 4.78 is 0. The fraction of sp³-hybridized carbons (Fsp3) is 0.643. The lowest BCUT2D eigenvalue weighted by atomic mass is 9.99. The van der Waals surface area contributed by atoms with E-state index in [9.17, 15) is 0 Å². The summed E-state index contributed by atoms with van der Waals surface area (Å²) in [5, 5.41) is 8.94. The number of rotatable bonds is 8. The SMILES string of the molecule is CCC=CCCC(C#N)CCC=CCC. The average Bonchev–Trinajstić information content (AvgIpc) is 2.27. The molecule has 0 heterocycles. The Hall–Kier alpha value is -1.03. The van der Waals surface area contributed by atoms with E-state index in [0.717, 1.165) is 38.5 Å². The Morgan fingerprint density at radius 2 is 1.40 bits per heavy atom. The minimum Gasteiger partial charge on any atom is -0.198 e. The van der Waals surface area contributed by atoms with Crippen molar-refractivity contribution < 1.29 is 0 Å². The number of nitriles is 1. The first-order chi connectivity index (χ1) is 7.35. The molecule has 84 valence electrons. The van der Waals surface area contributed by atoms with Crippen molar-refractivity contribution in [1.82, 2.24) is 0 Å². The second kappa shape index (κ2) is 11.0. The van der Waals surface area contributed by atoms with Crippen molar-refractivity contribution in [2.45, 2.75) is 52.4 Å². The molecule has 0 atom stereocenters. The summed E-state index contributed by atoms with van der Waals surface area (Å²) in [5.41, 5.74) is 0. The molecule has 0 N–H and O–H groups in total. The molecule has 0 bridgehead atoms. The number of hydrogen-bond donors (Lipinski definition) is 0. The largest absolute Gasteiger partial charge is 0.198 e. The van der Waals surface area contributed by atoms with Crippen LogP contribution in [0.1, 0.15) is 52.4 Å². The van der Waals surface area contributed by atoms with Gasteiger partial charge >= 0.3 is 0 Å². The van der Waals surface area contributed by atoms with Crippen molar-refractivity contribution in [2.24, 2.45) is 5.92 Å². The smallest absolute Gasteiger partial charge is 0.0656 e. The van der Waals surface area contributed by atoms with Gasteiger partial charge in [-0.25, -0.2) is 0 Å². The summed E-state index contributed by atoms with van der Waals surface area (Å²) in [6.45, 7) is 4.27. The predicted molar refractivity (Wildman–Crippen MR) is 66.4 cm³/mol. The van der Waals surface area contributed by atoms with Crippen molar-refractivity contribution in [2.75, 3.05) is 0 Å². The molecular formula is C14H23N. The Balaban J connectivity index is 3.60. The van der Waals surface area contributed by atoms with Gasteiger partial charge in [0.05, 0.1) is 6.07 Å². The molecule has 0 saturated heterocycles. The van der Waals surface area contributed by atoms with E-state index in [2.05, 4.69) is 44.2 Å². The molecule has 1 nitrogen and oxygen atoms in total. The van der Waals surface area contributed by atoms with Crippen LogP contribution in [0.4, 0.5) is 0 Å². The molecule has 0 aliphatic carbocycles. The van der Waals surface area contributed by atoms with E-state index in [1.165, 1.54) is 0 Å². The molecule has 0 aromatic rings. The number of allylic oxidation sites excluding steroid dienone is 4. The Bertz CT molecular complexity index is 202. The lowest BCUT2D eigenvalue weighted by Crippen LogP contribution is -1.95. The van der Waals surface area contributed by atoms with E-state index < -0.39 is 0 Å². The van der Waals surface area contributed by atoms with E-state index in [4.69, 9.17) is 5.26 Å². The summed E-state index contributed by atoms with van der Waals surface area (Å²) in [7, 11) is 0. The van der Waals surface area contributed by atoms with Crippen molar-refractivity contribution in [3.05, 3.63) is 24.3 Å². The topological polar surface area (TPSA) is 23.8 Å². The molecule has 0 spiro atoms. The number of nitrogens with zero attached hydrogens (tertiary/aromatic N) is 1. The maximum absolute atomic E-state index is 8.94. The minimum atomic E-state index is 0.230. The Morgan fingerprint density at radius 1 is 0.933 bits per heavy atom. The molecule has 0 amide bonds.